The molecule has 0 bridgehead atoms. The molecule has 1 N–H and O–H groups in total. The van der Waals surface area contributed by atoms with Gasteiger partial charge < -0.3 is 9.73 Å². The largest absolute Gasteiger partial charge is 0.425 e. The number of hydrogen-bond acceptors (Lipinski definition) is 4. The van der Waals surface area contributed by atoms with Crippen molar-refractivity contribution < 1.29 is 4.42 Å². The molecule has 0 atom stereocenters. The third-order valence-corrected chi connectivity index (χ3v) is 3.00. The van der Waals surface area contributed by atoms with Gasteiger partial charge in [-0.15, -0.1) is 10.2 Å². The molecule has 1 rings (SSSR count). The minimum atomic E-state index is 0.444. The van der Waals surface area contributed by atoms with Crippen LogP contribution in [0.4, 0.5) is 0 Å². The van der Waals surface area contributed by atoms with Crippen molar-refractivity contribution in [2.75, 3.05) is 6.54 Å². The van der Waals surface area contributed by atoms with Crippen molar-refractivity contribution >= 4 is 0 Å². The van der Waals surface area contributed by atoms with E-state index in [1.165, 1.54) is 0 Å². The normalized spacial score (nSPS) is 11.7. The molecule has 18 heavy (non-hydrogen) atoms. The summed E-state index contributed by atoms with van der Waals surface area (Å²) in [5, 5.41) is 11.7. The second-order valence-electron chi connectivity index (χ2n) is 5.17. The molecule has 1 aromatic rings. The molecule has 0 saturated heterocycles. The van der Waals surface area contributed by atoms with Gasteiger partial charge in [0.2, 0.25) is 11.8 Å². The second-order valence-corrected chi connectivity index (χ2v) is 5.17. The maximum atomic E-state index is 5.77. The van der Waals surface area contributed by atoms with E-state index in [0.29, 0.717) is 12.0 Å². The zero-order valence-corrected chi connectivity index (χ0v) is 12.2. The maximum Gasteiger partial charge on any atom is 0.219 e. The van der Waals surface area contributed by atoms with E-state index in [9.17, 15) is 0 Å². The van der Waals surface area contributed by atoms with Crippen LogP contribution in [-0.2, 0) is 6.42 Å². The predicted octanol–water partition coefficient (Wildman–Crippen LogP) is 3.29. The summed E-state index contributed by atoms with van der Waals surface area (Å²) < 4.78 is 5.77. The van der Waals surface area contributed by atoms with Gasteiger partial charge in [0.05, 0.1) is 0 Å². The Labute approximate surface area is 111 Å². The molecule has 0 fully saturated rings. The van der Waals surface area contributed by atoms with Crippen LogP contribution in [0.5, 0.6) is 0 Å². The van der Waals surface area contributed by atoms with Crippen LogP contribution in [0.3, 0.4) is 0 Å². The Balaban J connectivity index is 2.49. The van der Waals surface area contributed by atoms with Crippen LogP contribution in [-0.4, -0.2) is 22.8 Å². The van der Waals surface area contributed by atoms with Gasteiger partial charge in [-0.2, -0.15) is 0 Å². The molecule has 0 saturated carbocycles. The van der Waals surface area contributed by atoms with Crippen molar-refractivity contribution in [3.05, 3.63) is 11.8 Å². The fourth-order valence-corrected chi connectivity index (χ4v) is 2.09. The molecule has 0 aliphatic rings. The molecule has 0 radical (unpaired) electrons. The summed E-state index contributed by atoms with van der Waals surface area (Å²) in [6, 6.07) is 0.500. The fraction of sp³-hybridized carbons (Fsp3) is 0.857. The second kappa shape index (κ2) is 8.25. The van der Waals surface area contributed by atoms with Gasteiger partial charge in [-0.05, 0) is 12.8 Å². The van der Waals surface area contributed by atoms with Crippen molar-refractivity contribution in [3.8, 4) is 0 Å². The van der Waals surface area contributed by atoms with Crippen LogP contribution < -0.4 is 5.32 Å². The summed E-state index contributed by atoms with van der Waals surface area (Å²) in [5.74, 6) is 2.04. The van der Waals surface area contributed by atoms with Crippen molar-refractivity contribution in [1.82, 2.24) is 15.5 Å². The fourth-order valence-electron chi connectivity index (χ4n) is 2.09. The highest BCUT2D eigenvalue weighted by atomic mass is 16.4. The molecule has 0 aliphatic heterocycles. The van der Waals surface area contributed by atoms with E-state index in [0.717, 1.165) is 50.4 Å². The van der Waals surface area contributed by atoms with Gasteiger partial charge in [-0.25, -0.2) is 0 Å². The number of rotatable bonds is 9. The highest BCUT2D eigenvalue weighted by Gasteiger charge is 2.16. The van der Waals surface area contributed by atoms with E-state index in [4.69, 9.17) is 4.42 Å². The molecule has 104 valence electrons. The number of nitrogens with zero attached hydrogens (tertiary/aromatic N) is 2. The van der Waals surface area contributed by atoms with Gasteiger partial charge in [0.25, 0.3) is 0 Å². The molecular weight excluding hydrogens is 226 g/mol. The minimum absolute atomic E-state index is 0.444. The SMILES string of the molecule is CCCC(CCC)c1nnc(CCNC(C)C)o1. The molecule has 4 heteroatoms. The number of hydrogen-bond donors (Lipinski definition) is 1. The van der Waals surface area contributed by atoms with Crippen molar-refractivity contribution in [3.63, 3.8) is 0 Å². The van der Waals surface area contributed by atoms with E-state index in [1.54, 1.807) is 0 Å². The summed E-state index contributed by atoms with van der Waals surface area (Å²) in [6.07, 6.45) is 5.42. The van der Waals surface area contributed by atoms with E-state index < -0.39 is 0 Å². The Morgan fingerprint density at radius 2 is 1.78 bits per heavy atom. The highest BCUT2D eigenvalue weighted by molar-refractivity contribution is 4.91. The van der Waals surface area contributed by atoms with E-state index >= 15 is 0 Å². The number of aromatic nitrogens is 2. The van der Waals surface area contributed by atoms with E-state index in [2.05, 4.69) is 43.2 Å². The van der Waals surface area contributed by atoms with Crippen LogP contribution in [0.15, 0.2) is 4.42 Å². The smallest absolute Gasteiger partial charge is 0.219 e. The van der Waals surface area contributed by atoms with Crippen molar-refractivity contribution in [1.29, 1.82) is 0 Å². The quantitative estimate of drug-likeness (QED) is 0.733. The Morgan fingerprint density at radius 3 is 2.33 bits per heavy atom. The number of nitrogens with one attached hydrogen (secondary N) is 1. The zero-order valence-electron chi connectivity index (χ0n) is 12.2. The predicted molar refractivity (Wildman–Crippen MR) is 73.7 cm³/mol. The Hall–Kier alpha value is -0.900. The third-order valence-electron chi connectivity index (χ3n) is 3.00. The topological polar surface area (TPSA) is 51.0 Å². The van der Waals surface area contributed by atoms with Crippen LogP contribution in [0.25, 0.3) is 0 Å². The maximum absolute atomic E-state index is 5.77. The van der Waals surface area contributed by atoms with Gasteiger partial charge in [0, 0.05) is 24.9 Å². The van der Waals surface area contributed by atoms with E-state index in [-0.39, 0.29) is 0 Å². The summed E-state index contributed by atoms with van der Waals surface area (Å²) in [5.41, 5.74) is 0. The standard InChI is InChI=1S/C14H27N3O/c1-5-7-12(8-6-2)14-17-16-13(18-14)9-10-15-11(3)4/h11-12,15H,5-10H2,1-4H3. The van der Waals surface area contributed by atoms with Crippen LogP contribution in [0, 0.1) is 0 Å². The minimum Gasteiger partial charge on any atom is -0.425 e. The molecule has 1 heterocycles. The first kappa shape index (κ1) is 15.2. The van der Waals surface area contributed by atoms with Gasteiger partial charge in [-0.1, -0.05) is 40.5 Å². The Kier molecular flexibility index (Phi) is 6.94. The lowest BCUT2D eigenvalue weighted by Crippen LogP contribution is -2.25. The lowest BCUT2D eigenvalue weighted by Gasteiger charge is -2.09. The first-order valence-electron chi connectivity index (χ1n) is 7.23. The van der Waals surface area contributed by atoms with Gasteiger partial charge in [0.1, 0.15) is 0 Å². The highest BCUT2D eigenvalue weighted by Crippen LogP contribution is 2.25. The summed E-state index contributed by atoms with van der Waals surface area (Å²) in [7, 11) is 0. The summed E-state index contributed by atoms with van der Waals surface area (Å²) in [4.78, 5) is 0. The van der Waals surface area contributed by atoms with Gasteiger partial charge in [0.15, 0.2) is 0 Å². The lowest BCUT2D eigenvalue weighted by atomic mass is 9.98. The third kappa shape index (κ3) is 5.17. The summed E-state index contributed by atoms with van der Waals surface area (Å²) in [6.45, 7) is 9.57. The van der Waals surface area contributed by atoms with Crippen LogP contribution >= 0.6 is 0 Å². The summed E-state index contributed by atoms with van der Waals surface area (Å²) >= 11 is 0. The first-order valence-corrected chi connectivity index (χ1v) is 7.23. The zero-order chi connectivity index (χ0) is 13.4. The van der Waals surface area contributed by atoms with E-state index in [1.807, 2.05) is 0 Å². The average molecular weight is 253 g/mol. The van der Waals surface area contributed by atoms with Crippen molar-refractivity contribution in [2.24, 2.45) is 0 Å². The molecule has 0 amide bonds. The molecule has 4 nitrogen and oxygen atoms in total. The van der Waals surface area contributed by atoms with Gasteiger partial charge >= 0.3 is 0 Å². The first-order chi connectivity index (χ1) is 8.67. The molecule has 1 aromatic heterocycles. The monoisotopic (exact) mass is 253 g/mol. The molecule has 0 unspecified atom stereocenters. The molecule has 0 spiro atoms. The van der Waals surface area contributed by atoms with Gasteiger partial charge in [-0.3, -0.25) is 0 Å². The lowest BCUT2D eigenvalue weighted by molar-refractivity contribution is 0.385. The molecule has 0 aromatic carbocycles. The molecule has 0 aliphatic carbocycles. The van der Waals surface area contributed by atoms with Crippen LogP contribution in [0.1, 0.15) is 71.1 Å². The molecular formula is C14H27N3O. The van der Waals surface area contributed by atoms with Crippen LogP contribution in [0.2, 0.25) is 0 Å². The Bertz CT molecular complexity index is 317. The Morgan fingerprint density at radius 1 is 1.11 bits per heavy atom. The van der Waals surface area contributed by atoms with Crippen molar-refractivity contribution in [2.45, 2.75) is 71.8 Å². The average Bonchev–Trinajstić information content (AvgIpc) is 2.77.